The molecule has 0 aromatic carbocycles. The lowest BCUT2D eigenvalue weighted by Gasteiger charge is -2.35. The number of methoxy groups -OCH3 is 1. The minimum absolute atomic E-state index is 0.0385. The smallest absolute Gasteiger partial charge is 0.271 e. The fraction of sp³-hybridized carbons (Fsp3) is 0.381. The van der Waals surface area contributed by atoms with Crippen molar-refractivity contribution in [2.45, 2.75) is 25.8 Å². The molecule has 0 saturated carbocycles. The van der Waals surface area contributed by atoms with Crippen molar-refractivity contribution < 1.29 is 9.53 Å². The summed E-state index contributed by atoms with van der Waals surface area (Å²) < 4.78 is 5.17. The topological polar surface area (TPSA) is 87.3 Å². The predicted octanol–water partition coefficient (Wildman–Crippen LogP) is 2.67. The molecule has 0 spiro atoms. The molecule has 2 N–H and O–H groups in total. The van der Waals surface area contributed by atoms with E-state index >= 15 is 0 Å². The van der Waals surface area contributed by atoms with Crippen molar-refractivity contribution in [1.29, 1.82) is 0 Å². The number of rotatable bonds is 6. The molecule has 1 unspecified atom stereocenters. The molecular formula is C21H26N4O3. The summed E-state index contributed by atoms with van der Waals surface area (Å²) in [5.41, 5.74) is 2.10. The van der Waals surface area contributed by atoms with Gasteiger partial charge in [-0.25, -0.2) is 4.98 Å². The molecule has 1 amide bonds. The average Bonchev–Trinajstić information content (AvgIpc) is 2.74. The van der Waals surface area contributed by atoms with Gasteiger partial charge in [-0.3, -0.25) is 9.59 Å². The summed E-state index contributed by atoms with van der Waals surface area (Å²) >= 11 is 0. The zero-order chi connectivity index (χ0) is 20.1. The maximum absolute atomic E-state index is 12.3. The molecule has 0 bridgehead atoms. The van der Waals surface area contributed by atoms with Crippen LogP contribution in [-0.2, 0) is 4.79 Å². The monoisotopic (exact) mass is 382 g/mol. The second kappa shape index (κ2) is 8.73. The molecule has 2 aromatic heterocycles. The van der Waals surface area contributed by atoms with Gasteiger partial charge >= 0.3 is 0 Å². The van der Waals surface area contributed by atoms with Crippen LogP contribution in [0.4, 0.5) is 5.69 Å². The first-order valence-corrected chi connectivity index (χ1v) is 9.43. The lowest BCUT2D eigenvalue weighted by atomic mass is 9.91. The van der Waals surface area contributed by atoms with Gasteiger partial charge in [0.1, 0.15) is 5.69 Å². The highest BCUT2D eigenvalue weighted by molar-refractivity contribution is 5.87. The second-order valence-corrected chi connectivity index (χ2v) is 7.04. The van der Waals surface area contributed by atoms with E-state index in [-0.39, 0.29) is 23.4 Å². The van der Waals surface area contributed by atoms with E-state index in [4.69, 9.17) is 4.74 Å². The van der Waals surface area contributed by atoms with Crippen LogP contribution in [0.2, 0.25) is 0 Å². The predicted molar refractivity (Wildman–Crippen MR) is 109 cm³/mol. The number of aromatic amines is 1. The Bertz CT molecular complexity index is 909. The Labute approximate surface area is 164 Å². The summed E-state index contributed by atoms with van der Waals surface area (Å²) in [6.07, 6.45) is 6.66. The minimum Gasteiger partial charge on any atom is -0.481 e. The number of anilines is 1. The van der Waals surface area contributed by atoms with E-state index in [0.29, 0.717) is 18.1 Å². The molecule has 3 heterocycles. The van der Waals surface area contributed by atoms with E-state index < -0.39 is 0 Å². The van der Waals surface area contributed by atoms with Crippen LogP contribution in [0.5, 0.6) is 5.88 Å². The number of hydrogen-bond acceptors (Lipinski definition) is 5. The van der Waals surface area contributed by atoms with Crippen LogP contribution in [0.15, 0.2) is 48.0 Å². The third-order valence-corrected chi connectivity index (χ3v) is 5.21. The number of H-pyrrole nitrogens is 1. The van der Waals surface area contributed by atoms with Crippen molar-refractivity contribution in [2.24, 2.45) is 5.92 Å². The van der Waals surface area contributed by atoms with Gasteiger partial charge in [0.25, 0.3) is 5.56 Å². The van der Waals surface area contributed by atoms with Gasteiger partial charge in [-0.05, 0) is 49.5 Å². The van der Waals surface area contributed by atoms with E-state index in [1.165, 1.54) is 6.08 Å². The molecule has 1 saturated heterocycles. The Balaban J connectivity index is 1.77. The summed E-state index contributed by atoms with van der Waals surface area (Å²) in [5.74, 6) is 0.742. The highest BCUT2D eigenvalue weighted by Crippen LogP contribution is 2.25. The number of ether oxygens (including phenoxy) is 1. The van der Waals surface area contributed by atoms with Crippen LogP contribution in [0, 0.1) is 5.92 Å². The maximum Gasteiger partial charge on any atom is 0.271 e. The van der Waals surface area contributed by atoms with Gasteiger partial charge in [0.2, 0.25) is 11.8 Å². The fourth-order valence-electron chi connectivity index (χ4n) is 3.57. The molecule has 7 nitrogen and oxygen atoms in total. The molecule has 0 aliphatic carbocycles. The van der Waals surface area contributed by atoms with Gasteiger partial charge in [-0.15, -0.1) is 0 Å². The fourth-order valence-corrected chi connectivity index (χ4v) is 3.57. The van der Waals surface area contributed by atoms with E-state index in [1.54, 1.807) is 19.5 Å². The first kappa shape index (κ1) is 19.7. The number of piperidine rings is 1. The Morgan fingerprint density at radius 3 is 3.04 bits per heavy atom. The maximum atomic E-state index is 12.3. The summed E-state index contributed by atoms with van der Waals surface area (Å²) in [6.45, 7) is 7.04. The van der Waals surface area contributed by atoms with Crippen LogP contribution < -0.4 is 15.6 Å². The van der Waals surface area contributed by atoms with Crippen molar-refractivity contribution in [3.8, 4) is 17.0 Å². The van der Waals surface area contributed by atoms with Gasteiger partial charge in [0, 0.05) is 43.2 Å². The number of carbonyl (C=O) groups excluding carboxylic acids is 1. The van der Waals surface area contributed by atoms with Crippen LogP contribution in [0.25, 0.3) is 11.1 Å². The molecule has 0 radical (unpaired) electrons. The summed E-state index contributed by atoms with van der Waals surface area (Å²) in [7, 11) is 1.57. The molecule has 7 heteroatoms. The van der Waals surface area contributed by atoms with Crippen LogP contribution in [-0.4, -0.2) is 47.0 Å². The Hall–Kier alpha value is -3.09. The largest absolute Gasteiger partial charge is 0.481 e. The lowest BCUT2D eigenvalue weighted by molar-refractivity contribution is -0.127. The molecule has 2 aromatic rings. The van der Waals surface area contributed by atoms with Crippen molar-refractivity contribution in [3.05, 3.63) is 53.6 Å². The Morgan fingerprint density at radius 2 is 2.29 bits per heavy atom. The van der Waals surface area contributed by atoms with Crippen molar-refractivity contribution in [3.63, 3.8) is 0 Å². The molecule has 3 rings (SSSR count). The molecular weight excluding hydrogens is 356 g/mol. The van der Waals surface area contributed by atoms with Gasteiger partial charge < -0.3 is 19.9 Å². The van der Waals surface area contributed by atoms with E-state index in [9.17, 15) is 9.59 Å². The molecule has 1 aliphatic rings. The SMILES string of the molecule is C=CC(=O)N1CCCC([C@H](C)Nc2cc(-c3ccnc(OC)c3)c[nH]c2=O)C1. The van der Waals surface area contributed by atoms with Crippen molar-refractivity contribution >= 4 is 11.6 Å². The summed E-state index contributed by atoms with van der Waals surface area (Å²) in [6, 6.07) is 5.56. The first-order chi connectivity index (χ1) is 13.5. The first-order valence-electron chi connectivity index (χ1n) is 9.43. The van der Waals surface area contributed by atoms with Crippen molar-refractivity contribution in [2.75, 3.05) is 25.5 Å². The zero-order valence-electron chi connectivity index (χ0n) is 16.3. The molecule has 28 heavy (non-hydrogen) atoms. The standard InChI is InChI=1S/C21H26N4O3/c1-4-20(26)25-9-5-6-16(13-25)14(2)24-18-10-17(12-23-21(18)27)15-7-8-22-19(11-15)28-3/h4,7-8,10-12,14,16,24H,1,5-6,9,13H2,2-3H3,(H,23,27)/t14-,16?/m0/s1. The number of pyridine rings is 2. The number of likely N-dealkylation sites (tertiary alicyclic amines) is 1. The third-order valence-electron chi connectivity index (χ3n) is 5.21. The quantitative estimate of drug-likeness (QED) is 0.750. The van der Waals surface area contributed by atoms with E-state index in [0.717, 1.165) is 30.5 Å². The molecule has 1 aliphatic heterocycles. The minimum atomic E-state index is -0.175. The summed E-state index contributed by atoms with van der Waals surface area (Å²) in [5, 5.41) is 3.34. The lowest BCUT2D eigenvalue weighted by Crippen LogP contribution is -2.44. The second-order valence-electron chi connectivity index (χ2n) is 7.04. The average molecular weight is 382 g/mol. The Kier molecular flexibility index (Phi) is 6.13. The molecule has 1 fully saturated rings. The molecule has 148 valence electrons. The highest BCUT2D eigenvalue weighted by atomic mass is 16.5. The summed E-state index contributed by atoms with van der Waals surface area (Å²) in [4.78, 5) is 33.0. The van der Waals surface area contributed by atoms with Gasteiger partial charge in [0.05, 0.1) is 7.11 Å². The number of amides is 1. The van der Waals surface area contributed by atoms with E-state index in [1.807, 2.05) is 30.0 Å². The number of aromatic nitrogens is 2. The molecule has 2 atom stereocenters. The van der Waals surface area contributed by atoms with Crippen LogP contribution >= 0.6 is 0 Å². The number of carbonyl (C=O) groups is 1. The normalized spacial score (nSPS) is 17.6. The Morgan fingerprint density at radius 1 is 1.46 bits per heavy atom. The van der Waals surface area contributed by atoms with Crippen LogP contribution in [0.3, 0.4) is 0 Å². The van der Waals surface area contributed by atoms with E-state index in [2.05, 4.69) is 21.9 Å². The zero-order valence-corrected chi connectivity index (χ0v) is 16.3. The highest BCUT2D eigenvalue weighted by Gasteiger charge is 2.26. The third kappa shape index (κ3) is 4.42. The van der Waals surface area contributed by atoms with Gasteiger partial charge in [-0.1, -0.05) is 6.58 Å². The van der Waals surface area contributed by atoms with Crippen LogP contribution in [0.1, 0.15) is 19.8 Å². The number of nitrogens with zero attached hydrogens (tertiary/aromatic N) is 2. The van der Waals surface area contributed by atoms with Crippen molar-refractivity contribution in [1.82, 2.24) is 14.9 Å². The van der Waals surface area contributed by atoms with Gasteiger partial charge in [0.15, 0.2) is 0 Å². The number of nitrogens with one attached hydrogen (secondary N) is 2. The van der Waals surface area contributed by atoms with Gasteiger partial charge in [-0.2, -0.15) is 0 Å². The number of hydrogen-bond donors (Lipinski definition) is 2.